The van der Waals surface area contributed by atoms with Gasteiger partial charge in [0.05, 0.1) is 0 Å². The van der Waals surface area contributed by atoms with Gasteiger partial charge in [-0.05, 0) is 29.2 Å². The van der Waals surface area contributed by atoms with E-state index in [-0.39, 0.29) is 12.4 Å². The summed E-state index contributed by atoms with van der Waals surface area (Å²) in [4.78, 5) is 0. The second kappa shape index (κ2) is 7.04. The molecule has 0 unspecified atom stereocenters. The second-order valence-electron chi connectivity index (χ2n) is 4.10. The van der Waals surface area contributed by atoms with Gasteiger partial charge in [-0.25, -0.2) is 0 Å². The highest BCUT2D eigenvalue weighted by Crippen LogP contribution is 2.12. The van der Waals surface area contributed by atoms with Crippen LogP contribution in [-0.4, -0.2) is 17.2 Å². The van der Waals surface area contributed by atoms with Crippen LogP contribution >= 0.6 is 12.4 Å². The number of nitrogens with two attached hydrogens (primary N) is 1. The summed E-state index contributed by atoms with van der Waals surface area (Å²) in [7, 11) is -1.51. The highest BCUT2D eigenvalue weighted by Gasteiger charge is 2.12. The number of halogens is 1. The van der Waals surface area contributed by atoms with Crippen molar-refractivity contribution in [2.45, 2.75) is 6.54 Å². The molecule has 0 amide bonds. The van der Waals surface area contributed by atoms with Gasteiger partial charge in [0.2, 0.25) is 0 Å². The maximum atomic E-state index is 9.13. The first-order chi connectivity index (χ1) is 8.65. The fourth-order valence-electron chi connectivity index (χ4n) is 1.73. The molecule has 2 aromatic carbocycles. The zero-order chi connectivity index (χ0) is 13.0. The van der Waals surface area contributed by atoms with Gasteiger partial charge in [-0.1, -0.05) is 30.3 Å². The molecule has 0 saturated heterocycles. The molecular formula is C13H16BClN2O2. The monoisotopic (exact) mass is 278 g/mol. The van der Waals surface area contributed by atoms with E-state index in [2.05, 4.69) is 5.32 Å². The topological polar surface area (TPSA) is 78.5 Å². The van der Waals surface area contributed by atoms with E-state index in [1.807, 2.05) is 30.3 Å². The van der Waals surface area contributed by atoms with Crippen LogP contribution in [-0.2, 0) is 6.54 Å². The third-order valence-electron chi connectivity index (χ3n) is 2.62. The third-order valence-corrected chi connectivity index (χ3v) is 2.62. The van der Waals surface area contributed by atoms with E-state index in [4.69, 9.17) is 15.8 Å². The van der Waals surface area contributed by atoms with Gasteiger partial charge in [0.15, 0.2) is 0 Å². The van der Waals surface area contributed by atoms with E-state index in [0.29, 0.717) is 17.7 Å². The largest absolute Gasteiger partial charge is 0.488 e. The number of rotatable bonds is 4. The van der Waals surface area contributed by atoms with Gasteiger partial charge in [-0.15, -0.1) is 12.4 Å². The van der Waals surface area contributed by atoms with Crippen molar-refractivity contribution in [2.75, 3.05) is 11.1 Å². The summed E-state index contributed by atoms with van der Waals surface area (Å²) in [5.74, 6) is 0. The molecule has 0 bridgehead atoms. The molecule has 0 radical (unpaired) electrons. The molecule has 0 spiro atoms. The Kier molecular flexibility index (Phi) is 5.70. The van der Waals surface area contributed by atoms with E-state index in [1.165, 1.54) is 0 Å². The third kappa shape index (κ3) is 4.48. The molecule has 4 nitrogen and oxygen atoms in total. The van der Waals surface area contributed by atoms with Gasteiger partial charge >= 0.3 is 7.12 Å². The first-order valence-electron chi connectivity index (χ1n) is 5.69. The van der Waals surface area contributed by atoms with Crippen molar-refractivity contribution in [3.63, 3.8) is 0 Å². The van der Waals surface area contributed by atoms with E-state index in [9.17, 15) is 0 Å². The van der Waals surface area contributed by atoms with E-state index >= 15 is 0 Å². The molecule has 5 N–H and O–H groups in total. The summed E-state index contributed by atoms with van der Waals surface area (Å²) in [6.45, 7) is 0.658. The van der Waals surface area contributed by atoms with Crippen LogP contribution in [0, 0.1) is 0 Å². The number of hydrogen-bond acceptors (Lipinski definition) is 4. The van der Waals surface area contributed by atoms with Crippen LogP contribution in [0.3, 0.4) is 0 Å². The van der Waals surface area contributed by atoms with Gasteiger partial charge < -0.3 is 21.1 Å². The molecule has 2 aromatic rings. The standard InChI is InChI=1S/C13H15BN2O2.ClH/c15-12-6-11(14(17)18)7-13(8-12)16-9-10-4-2-1-3-5-10;/h1-8,16-18H,9,15H2;1H. The molecule has 100 valence electrons. The highest BCUT2D eigenvalue weighted by atomic mass is 35.5. The minimum atomic E-state index is -1.51. The molecule has 0 atom stereocenters. The van der Waals surface area contributed by atoms with Crippen LogP contribution < -0.4 is 16.5 Å². The lowest BCUT2D eigenvalue weighted by Crippen LogP contribution is -2.30. The van der Waals surface area contributed by atoms with E-state index < -0.39 is 7.12 Å². The first-order valence-corrected chi connectivity index (χ1v) is 5.69. The van der Waals surface area contributed by atoms with Crippen LogP contribution in [0.5, 0.6) is 0 Å². The van der Waals surface area contributed by atoms with E-state index in [1.54, 1.807) is 18.2 Å². The summed E-state index contributed by atoms with van der Waals surface area (Å²) in [5, 5.41) is 21.5. The summed E-state index contributed by atoms with van der Waals surface area (Å²) >= 11 is 0. The molecule has 0 aliphatic rings. The Labute approximate surface area is 118 Å². The Morgan fingerprint density at radius 1 is 1.05 bits per heavy atom. The van der Waals surface area contributed by atoms with Gasteiger partial charge in [0.25, 0.3) is 0 Å². The number of anilines is 2. The quantitative estimate of drug-likeness (QED) is 0.497. The Morgan fingerprint density at radius 3 is 2.37 bits per heavy atom. The summed E-state index contributed by atoms with van der Waals surface area (Å²) in [6, 6.07) is 14.9. The van der Waals surface area contributed by atoms with Crippen LogP contribution in [0.15, 0.2) is 48.5 Å². The zero-order valence-electron chi connectivity index (χ0n) is 10.3. The SMILES string of the molecule is Cl.Nc1cc(NCc2ccccc2)cc(B(O)O)c1. The lowest BCUT2D eigenvalue weighted by Gasteiger charge is -2.10. The van der Waals surface area contributed by atoms with E-state index in [0.717, 1.165) is 11.3 Å². The van der Waals surface area contributed by atoms with Crippen LogP contribution in [0.4, 0.5) is 11.4 Å². The minimum Gasteiger partial charge on any atom is -0.423 e. The summed E-state index contributed by atoms with van der Waals surface area (Å²) in [6.07, 6.45) is 0. The van der Waals surface area contributed by atoms with Crippen LogP contribution in [0.1, 0.15) is 5.56 Å². The molecule has 0 aliphatic carbocycles. The molecular weight excluding hydrogens is 262 g/mol. The summed E-state index contributed by atoms with van der Waals surface area (Å²) < 4.78 is 0. The highest BCUT2D eigenvalue weighted by molar-refractivity contribution is 6.58. The fourth-order valence-corrected chi connectivity index (χ4v) is 1.73. The summed E-state index contributed by atoms with van der Waals surface area (Å²) in [5.41, 5.74) is 8.49. The Morgan fingerprint density at radius 2 is 1.74 bits per heavy atom. The Balaban J connectivity index is 0.00000180. The molecule has 2 rings (SSSR count). The number of benzene rings is 2. The molecule has 19 heavy (non-hydrogen) atoms. The van der Waals surface area contributed by atoms with Crippen molar-refractivity contribution in [2.24, 2.45) is 0 Å². The zero-order valence-corrected chi connectivity index (χ0v) is 11.1. The van der Waals surface area contributed by atoms with Crippen LogP contribution in [0.2, 0.25) is 0 Å². The Bertz CT molecular complexity index is 523. The van der Waals surface area contributed by atoms with Gasteiger partial charge in [-0.2, -0.15) is 0 Å². The van der Waals surface area contributed by atoms with Gasteiger partial charge in [0, 0.05) is 17.9 Å². The lowest BCUT2D eigenvalue weighted by atomic mass is 9.80. The normalized spacial score (nSPS) is 9.58. The Hall–Kier alpha value is -1.69. The van der Waals surface area contributed by atoms with Crippen LogP contribution in [0.25, 0.3) is 0 Å². The maximum Gasteiger partial charge on any atom is 0.488 e. The number of nitrogen functional groups attached to an aromatic ring is 1. The minimum absolute atomic E-state index is 0. The van der Waals surface area contributed by atoms with Crippen molar-refractivity contribution in [1.29, 1.82) is 0 Å². The van der Waals surface area contributed by atoms with Gasteiger partial charge in [-0.3, -0.25) is 0 Å². The molecule has 6 heteroatoms. The number of nitrogens with one attached hydrogen (secondary N) is 1. The van der Waals surface area contributed by atoms with Crippen molar-refractivity contribution in [3.8, 4) is 0 Å². The maximum absolute atomic E-state index is 9.13. The molecule has 0 fully saturated rings. The average molecular weight is 279 g/mol. The van der Waals surface area contributed by atoms with Crippen molar-refractivity contribution in [1.82, 2.24) is 0 Å². The number of hydrogen-bond donors (Lipinski definition) is 4. The van der Waals surface area contributed by atoms with Crippen molar-refractivity contribution >= 4 is 36.4 Å². The molecule has 0 saturated carbocycles. The predicted molar refractivity (Wildman–Crippen MR) is 81.7 cm³/mol. The van der Waals surface area contributed by atoms with Crippen molar-refractivity contribution in [3.05, 3.63) is 54.1 Å². The average Bonchev–Trinajstić information content (AvgIpc) is 2.37. The fraction of sp³-hybridized carbons (Fsp3) is 0.0769. The van der Waals surface area contributed by atoms with Gasteiger partial charge in [0.1, 0.15) is 0 Å². The molecule has 0 aliphatic heterocycles. The van der Waals surface area contributed by atoms with Crippen molar-refractivity contribution < 1.29 is 10.0 Å². The lowest BCUT2D eigenvalue weighted by molar-refractivity contribution is 0.426. The second-order valence-corrected chi connectivity index (χ2v) is 4.10. The molecule has 0 aromatic heterocycles. The smallest absolute Gasteiger partial charge is 0.423 e. The predicted octanol–water partition coefficient (Wildman–Crippen LogP) is 0.982. The molecule has 0 heterocycles. The first kappa shape index (κ1) is 15.4.